The molecule has 0 aliphatic rings. The Labute approximate surface area is 118 Å². The lowest BCUT2D eigenvalue weighted by Crippen LogP contribution is -1.98. The van der Waals surface area contributed by atoms with Crippen molar-refractivity contribution in [3.8, 4) is 11.5 Å². The minimum absolute atomic E-state index is 0.0266. The summed E-state index contributed by atoms with van der Waals surface area (Å²) in [5.74, 6) is 0.579. The van der Waals surface area contributed by atoms with E-state index in [-0.39, 0.29) is 11.3 Å². The Morgan fingerprint density at radius 1 is 1.05 bits per heavy atom. The van der Waals surface area contributed by atoms with Crippen molar-refractivity contribution in [2.45, 2.75) is 0 Å². The maximum absolute atomic E-state index is 12.3. The van der Waals surface area contributed by atoms with Gasteiger partial charge < -0.3 is 18.7 Å². The highest BCUT2D eigenvalue weighted by Crippen LogP contribution is 2.37. The molecule has 5 nitrogen and oxygen atoms in total. The van der Waals surface area contributed by atoms with Gasteiger partial charge in [-0.25, -0.2) is 4.79 Å². The molecule has 21 heavy (non-hydrogen) atoms. The van der Waals surface area contributed by atoms with Crippen LogP contribution in [0.3, 0.4) is 0 Å². The molecule has 4 rings (SSSR count). The Kier molecular flexibility index (Phi) is 2.27. The largest absolute Gasteiger partial charge is 0.508 e. The van der Waals surface area contributed by atoms with Gasteiger partial charge in [-0.2, -0.15) is 0 Å². The van der Waals surface area contributed by atoms with Gasteiger partial charge in [0.15, 0.2) is 5.58 Å². The van der Waals surface area contributed by atoms with Crippen LogP contribution in [0.15, 0.2) is 50.0 Å². The third-order valence-corrected chi connectivity index (χ3v) is 3.51. The Morgan fingerprint density at radius 2 is 1.90 bits per heavy atom. The van der Waals surface area contributed by atoms with Gasteiger partial charge >= 0.3 is 5.63 Å². The second kappa shape index (κ2) is 4.02. The van der Waals surface area contributed by atoms with Crippen molar-refractivity contribution >= 4 is 32.9 Å². The average molecular weight is 282 g/mol. The molecular formula is C16H10O5. The fraction of sp³-hybridized carbons (Fsp3) is 0.0625. The van der Waals surface area contributed by atoms with E-state index in [4.69, 9.17) is 13.6 Å². The third kappa shape index (κ3) is 1.54. The molecule has 2 heterocycles. The molecule has 0 amide bonds. The van der Waals surface area contributed by atoms with E-state index in [0.717, 1.165) is 0 Å². The van der Waals surface area contributed by atoms with E-state index in [0.29, 0.717) is 33.1 Å². The van der Waals surface area contributed by atoms with Crippen molar-refractivity contribution in [2.75, 3.05) is 7.11 Å². The Morgan fingerprint density at radius 3 is 2.71 bits per heavy atom. The van der Waals surface area contributed by atoms with Crippen LogP contribution in [-0.4, -0.2) is 12.2 Å². The summed E-state index contributed by atoms with van der Waals surface area (Å²) in [6.07, 6.45) is 0. The van der Waals surface area contributed by atoms with Gasteiger partial charge in [0.2, 0.25) is 0 Å². The maximum Gasteiger partial charge on any atom is 0.348 e. The van der Waals surface area contributed by atoms with Gasteiger partial charge in [-0.15, -0.1) is 0 Å². The normalized spacial score (nSPS) is 11.5. The molecule has 0 bridgehead atoms. The lowest BCUT2D eigenvalue weighted by atomic mass is 10.1. The standard InChI is InChI=1S/C16H10O5/c1-19-10-3-2-4-11-13(10)14-15(20-11)9-6-5-8(17)7-12(9)21-16(14)18/h2-7,17H,1H3. The van der Waals surface area contributed by atoms with Gasteiger partial charge in [0.1, 0.15) is 28.1 Å². The monoisotopic (exact) mass is 282 g/mol. The number of fused-ring (bicyclic) bond motifs is 5. The van der Waals surface area contributed by atoms with Crippen LogP contribution < -0.4 is 10.4 Å². The van der Waals surface area contributed by atoms with E-state index in [2.05, 4.69) is 0 Å². The number of hydrogen-bond acceptors (Lipinski definition) is 5. The highest BCUT2D eigenvalue weighted by atomic mass is 16.5. The van der Waals surface area contributed by atoms with Crippen molar-refractivity contribution in [1.29, 1.82) is 0 Å². The van der Waals surface area contributed by atoms with Gasteiger partial charge in [-0.1, -0.05) is 6.07 Å². The fourth-order valence-corrected chi connectivity index (χ4v) is 2.61. The second-order valence-corrected chi connectivity index (χ2v) is 4.71. The summed E-state index contributed by atoms with van der Waals surface area (Å²) in [7, 11) is 1.54. The third-order valence-electron chi connectivity index (χ3n) is 3.51. The molecule has 0 spiro atoms. The number of methoxy groups -OCH3 is 1. The predicted octanol–water partition coefficient (Wildman–Crippen LogP) is 3.41. The predicted molar refractivity (Wildman–Crippen MR) is 78.0 cm³/mol. The molecule has 4 aromatic rings. The second-order valence-electron chi connectivity index (χ2n) is 4.71. The molecular weight excluding hydrogens is 272 g/mol. The molecule has 2 aromatic carbocycles. The number of phenolic OH excluding ortho intramolecular Hbond substituents is 1. The summed E-state index contributed by atoms with van der Waals surface area (Å²) in [5.41, 5.74) is 0.745. The van der Waals surface area contributed by atoms with E-state index < -0.39 is 5.63 Å². The number of hydrogen-bond donors (Lipinski definition) is 1. The lowest BCUT2D eigenvalue weighted by molar-refractivity contribution is 0.419. The maximum atomic E-state index is 12.3. The van der Waals surface area contributed by atoms with E-state index in [1.54, 1.807) is 24.3 Å². The number of ether oxygens (including phenoxy) is 1. The molecule has 0 atom stereocenters. The molecule has 0 unspecified atom stereocenters. The summed E-state index contributed by atoms with van der Waals surface area (Å²) < 4.78 is 16.4. The number of phenols is 1. The Hall–Kier alpha value is -2.95. The number of aromatic hydroxyl groups is 1. The van der Waals surface area contributed by atoms with Gasteiger partial charge in [0.25, 0.3) is 0 Å². The van der Waals surface area contributed by atoms with E-state index in [9.17, 15) is 9.90 Å². The molecule has 1 N–H and O–H groups in total. The minimum atomic E-state index is -0.522. The van der Waals surface area contributed by atoms with Crippen LogP contribution in [0.25, 0.3) is 32.9 Å². The number of rotatable bonds is 1. The molecule has 0 fully saturated rings. The van der Waals surface area contributed by atoms with Crippen molar-refractivity contribution in [3.63, 3.8) is 0 Å². The van der Waals surface area contributed by atoms with Crippen LogP contribution in [0.4, 0.5) is 0 Å². The van der Waals surface area contributed by atoms with E-state index in [1.165, 1.54) is 19.2 Å². The first-order valence-electron chi connectivity index (χ1n) is 6.34. The molecule has 0 radical (unpaired) electrons. The number of benzene rings is 2. The SMILES string of the molecule is COc1cccc2oc3c4ccc(O)cc4oc(=O)c3c12. The minimum Gasteiger partial charge on any atom is -0.508 e. The van der Waals surface area contributed by atoms with Crippen LogP contribution in [0.1, 0.15) is 0 Å². The number of furan rings is 1. The van der Waals surface area contributed by atoms with Crippen molar-refractivity contribution in [1.82, 2.24) is 0 Å². The molecule has 0 saturated heterocycles. The first-order chi connectivity index (χ1) is 10.2. The zero-order valence-electron chi connectivity index (χ0n) is 11.0. The Bertz CT molecular complexity index is 1060. The molecule has 2 aromatic heterocycles. The smallest absolute Gasteiger partial charge is 0.348 e. The van der Waals surface area contributed by atoms with Gasteiger partial charge in [-0.3, -0.25) is 0 Å². The van der Waals surface area contributed by atoms with Crippen LogP contribution in [-0.2, 0) is 0 Å². The first kappa shape index (κ1) is 11.8. The molecule has 0 saturated carbocycles. The van der Waals surface area contributed by atoms with E-state index in [1.807, 2.05) is 0 Å². The summed E-state index contributed by atoms with van der Waals surface area (Å²) in [6.45, 7) is 0. The highest BCUT2D eigenvalue weighted by molar-refractivity contribution is 6.14. The molecule has 0 aliphatic carbocycles. The highest BCUT2D eigenvalue weighted by Gasteiger charge is 2.18. The lowest BCUT2D eigenvalue weighted by Gasteiger charge is -2.00. The summed E-state index contributed by atoms with van der Waals surface area (Å²) in [6, 6.07) is 9.89. The van der Waals surface area contributed by atoms with Gasteiger partial charge in [0, 0.05) is 6.07 Å². The fourth-order valence-electron chi connectivity index (χ4n) is 2.61. The van der Waals surface area contributed by atoms with Crippen molar-refractivity contribution in [2.24, 2.45) is 0 Å². The van der Waals surface area contributed by atoms with Crippen LogP contribution in [0.5, 0.6) is 11.5 Å². The van der Waals surface area contributed by atoms with Crippen LogP contribution in [0.2, 0.25) is 0 Å². The Balaban J connectivity index is 2.33. The van der Waals surface area contributed by atoms with Crippen LogP contribution in [0, 0.1) is 0 Å². The van der Waals surface area contributed by atoms with Crippen LogP contribution >= 0.6 is 0 Å². The first-order valence-corrected chi connectivity index (χ1v) is 6.34. The van der Waals surface area contributed by atoms with Crippen molar-refractivity contribution in [3.05, 3.63) is 46.8 Å². The summed E-state index contributed by atoms with van der Waals surface area (Å²) in [5, 5.41) is 11.1. The summed E-state index contributed by atoms with van der Waals surface area (Å²) in [4.78, 5) is 12.3. The summed E-state index contributed by atoms with van der Waals surface area (Å²) >= 11 is 0. The quantitative estimate of drug-likeness (QED) is 0.542. The molecule has 5 heteroatoms. The molecule has 0 aliphatic heterocycles. The zero-order valence-corrected chi connectivity index (χ0v) is 11.0. The topological polar surface area (TPSA) is 72.8 Å². The zero-order chi connectivity index (χ0) is 14.6. The van der Waals surface area contributed by atoms with Gasteiger partial charge in [-0.05, 0) is 24.3 Å². The van der Waals surface area contributed by atoms with Crippen molar-refractivity contribution < 1.29 is 18.7 Å². The molecule has 104 valence electrons. The van der Waals surface area contributed by atoms with E-state index >= 15 is 0 Å². The average Bonchev–Trinajstić information content (AvgIpc) is 2.86. The van der Waals surface area contributed by atoms with Gasteiger partial charge in [0.05, 0.1) is 17.9 Å².